The Morgan fingerprint density at radius 3 is 2.59 bits per heavy atom. The van der Waals surface area contributed by atoms with E-state index in [0.717, 1.165) is 11.3 Å². The molecule has 1 atom stereocenters. The first kappa shape index (κ1) is 14.2. The fourth-order valence-corrected chi connectivity index (χ4v) is 2.25. The van der Waals surface area contributed by atoms with Crippen LogP contribution in [-0.4, -0.2) is 22.1 Å². The summed E-state index contributed by atoms with van der Waals surface area (Å²) in [6, 6.07) is 9.51. The number of hydrogen-bond donors (Lipinski definition) is 2. The number of pyridine rings is 1. The number of nitrogens with zero attached hydrogens (tertiary/aromatic N) is 2. The van der Waals surface area contributed by atoms with Gasteiger partial charge in [-0.1, -0.05) is 12.1 Å². The zero-order valence-electron chi connectivity index (χ0n) is 12.0. The van der Waals surface area contributed by atoms with E-state index >= 15 is 0 Å². The summed E-state index contributed by atoms with van der Waals surface area (Å²) in [5, 5.41) is 7.05. The maximum Gasteiger partial charge on any atom is 0.251 e. The molecule has 0 saturated heterocycles. The summed E-state index contributed by atoms with van der Waals surface area (Å²) in [6.07, 6.45) is 3.65. The maximum atomic E-state index is 13.0. The topological polar surface area (TPSA) is 66.4 Å². The van der Waals surface area contributed by atoms with Crippen molar-refractivity contribution in [2.75, 3.05) is 5.32 Å². The number of halogens is 1. The lowest BCUT2D eigenvalue weighted by molar-refractivity contribution is -0.121. The molecule has 0 spiro atoms. The molecule has 1 aromatic heterocycles. The Bertz CT molecular complexity index is 715. The highest BCUT2D eigenvalue weighted by atomic mass is 19.1. The molecule has 0 aliphatic carbocycles. The zero-order valence-corrected chi connectivity index (χ0v) is 12.0. The van der Waals surface area contributed by atoms with Gasteiger partial charge in [0.05, 0.1) is 5.71 Å². The summed E-state index contributed by atoms with van der Waals surface area (Å²) in [4.78, 5) is 16.3. The van der Waals surface area contributed by atoms with Gasteiger partial charge in [-0.15, -0.1) is 0 Å². The van der Waals surface area contributed by atoms with Gasteiger partial charge < -0.3 is 5.32 Å². The molecule has 2 N–H and O–H groups in total. The molecule has 0 bridgehead atoms. The predicted molar refractivity (Wildman–Crippen MR) is 82.0 cm³/mol. The Morgan fingerprint density at radius 2 is 1.91 bits per heavy atom. The maximum absolute atomic E-state index is 13.0. The highest BCUT2D eigenvalue weighted by molar-refractivity contribution is 6.08. The Morgan fingerprint density at radius 1 is 1.23 bits per heavy atom. The van der Waals surface area contributed by atoms with E-state index in [9.17, 15) is 9.18 Å². The van der Waals surface area contributed by atoms with E-state index in [0.29, 0.717) is 12.1 Å². The normalized spacial score (nSPS) is 20.2. The molecular formula is C16H15FN4O. The number of carbonyl (C=O) groups excluding carboxylic acids is 1. The Balaban J connectivity index is 1.71. The highest BCUT2D eigenvalue weighted by Crippen LogP contribution is 2.23. The van der Waals surface area contributed by atoms with Gasteiger partial charge in [0.15, 0.2) is 0 Å². The molecule has 2 aromatic rings. The molecule has 0 radical (unpaired) electrons. The Labute approximate surface area is 127 Å². The van der Waals surface area contributed by atoms with E-state index in [1.807, 2.05) is 0 Å². The SMILES string of the molecule is CC1(C(=O)Nc2ccncc2)CC(c2ccc(F)cc2)=NN1. The van der Waals surface area contributed by atoms with E-state index in [1.165, 1.54) is 12.1 Å². The number of anilines is 1. The molecular weight excluding hydrogens is 283 g/mol. The molecule has 22 heavy (non-hydrogen) atoms. The molecule has 6 heteroatoms. The first-order valence-corrected chi connectivity index (χ1v) is 6.88. The van der Waals surface area contributed by atoms with Crippen LogP contribution in [0, 0.1) is 5.82 Å². The molecule has 112 valence electrons. The number of hydrogen-bond acceptors (Lipinski definition) is 4. The molecule has 0 fully saturated rings. The molecule has 1 aliphatic heterocycles. The van der Waals surface area contributed by atoms with Crippen LogP contribution in [0.1, 0.15) is 18.9 Å². The molecule has 0 saturated carbocycles. The van der Waals surface area contributed by atoms with Crippen LogP contribution in [0.2, 0.25) is 0 Å². The second-order valence-electron chi connectivity index (χ2n) is 5.38. The van der Waals surface area contributed by atoms with Crippen LogP contribution in [0.3, 0.4) is 0 Å². The number of hydrazone groups is 1. The summed E-state index contributed by atoms with van der Waals surface area (Å²) >= 11 is 0. The van der Waals surface area contributed by atoms with E-state index in [4.69, 9.17) is 0 Å². The van der Waals surface area contributed by atoms with Crippen LogP contribution in [0.15, 0.2) is 53.9 Å². The van der Waals surface area contributed by atoms with E-state index < -0.39 is 5.54 Å². The molecule has 1 aliphatic rings. The number of amides is 1. The van der Waals surface area contributed by atoms with E-state index in [1.54, 1.807) is 43.6 Å². The molecule has 3 rings (SSSR count). The molecule has 1 aromatic carbocycles. The van der Waals surface area contributed by atoms with Crippen molar-refractivity contribution in [3.63, 3.8) is 0 Å². The number of nitrogens with one attached hydrogen (secondary N) is 2. The summed E-state index contributed by atoms with van der Waals surface area (Å²) in [5.74, 6) is -0.479. The van der Waals surface area contributed by atoms with Crippen LogP contribution < -0.4 is 10.7 Å². The smallest absolute Gasteiger partial charge is 0.251 e. The van der Waals surface area contributed by atoms with E-state index in [-0.39, 0.29) is 11.7 Å². The third kappa shape index (κ3) is 2.81. The quantitative estimate of drug-likeness (QED) is 0.914. The number of rotatable bonds is 3. The van der Waals surface area contributed by atoms with Gasteiger partial charge in [0.25, 0.3) is 5.91 Å². The average molecular weight is 298 g/mol. The third-order valence-electron chi connectivity index (χ3n) is 3.58. The predicted octanol–water partition coefficient (Wildman–Crippen LogP) is 2.32. The van der Waals surface area contributed by atoms with Crippen molar-refractivity contribution in [1.29, 1.82) is 0 Å². The number of benzene rings is 1. The standard InChI is InChI=1S/C16H15FN4O/c1-16(15(22)19-13-6-8-18-9-7-13)10-14(20-21-16)11-2-4-12(17)5-3-11/h2-9,21H,10H2,1H3,(H,18,19,22). The van der Waals surface area contributed by atoms with Crippen molar-refractivity contribution in [3.8, 4) is 0 Å². The van der Waals surface area contributed by atoms with E-state index in [2.05, 4.69) is 20.8 Å². The van der Waals surface area contributed by atoms with Crippen molar-refractivity contribution in [1.82, 2.24) is 10.4 Å². The third-order valence-corrected chi connectivity index (χ3v) is 3.58. The van der Waals surface area contributed by atoms with Gasteiger partial charge in [0.2, 0.25) is 0 Å². The zero-order chi connectivity index (χ0) is 15.6. The highest BCUT2D eigenvalue weighted by Gasteiger charge is 2.39. The average Bonchev–Trinajstić information content (AvgIpc) is 2.93. The summed E-state index contributed by atoms with van der Waals surface area (Å²) in [5.41, 5.74) is 4.25. The monoisotopic (exact) mass is 298 g/mol. The van der Waals surface area contributed by atoms with Crippen molar-refractivity contribution in [2.24, 2.45) is 5.10 Å². The summed E-state index contributed by atoms with van der Waals surface area (Å²) in [7, 11) is 0. The largest absolute Gasteiger partial charge is 0.324 e. The lowest BCUT2D eigenvalue weighted by Gasteiger charge is -2.22. The van der Waals surface area contributed by atoms with Crippen molar-refractivity contribution in [2.45, 2.75) is 18.9 Å². The van der Waals surface area contributed by atoms with Crippen LogP contribution in [0.5, 0.6) is 0 Å². The van der Waals surface area contributed by atoms with Gasteiger partial charge in [-0.2, -0.15) is 5.10 Å². The Hall–Kier alpha value is -2.76. The van der Waals surface area contributed by atoms with Gasteiger partial charge >= 0.3 is 0 Å². The minimum Gasteiger partial charge on any atom is -0.324 e. The van der Waals surface area contributed by atoms with Crippen LogP contribution in [-0.2, 0) is 4.79 Å². The summed E-state index contributed by atoms with van der Waals surface area (Å²) < 4.78 is 13.0. The van der Waals surface area contributed by atoms with Crippen LogP contribution in [0.25, 0.3) is 0 Å². The fraction of sp³-hybridized carbons (Fsp3) is 0.188. The second kappa shape index (κ2) is 5.55. The fourth-order valence-electron chi connectivity index (χ4n) is 2.25. The number of aromatic nitrogens is 1. The van der Waals surface area contributed by atoms with Crippen LogP contribution in [0.4, 0.5) is 10.1 Å². The van der Waals surface area contributed by atoms with Gasteiger partial charge in [-0.3, -0.25) is 15.2 Å². The Kier molecular flexibility index (Phi) is 3.58. The molecule has 1 unspecified atom stereocenters. The van der Waals surface area contributed by atoms with Crippen molar-refractivity contribution in [3.05, 3.63) is 60.2 Å². The van der Waals surface area contributed by atoms with Gasteiger partial charge in [0.1, 0.15) is 11.4 Å². The number of carbonyl (C=O) groups is 1. The van der Waals surface area contributed by atoms with Crippen LogP contribution >= 0.6 is 0 Å². The minimum absolute atomic E-state index is 0.181. The first-order valence-electron chi connectivity index (χ1n) is 6.88. The van der Waals surface area contributed by atoms with Gasteiger partial charge in [-0.05, 0) is 36.8 Å². The first-order chi connectivity index (χ1) is 10.6. The lowest BCUT2D eigenvalue weighted by Crippen LogP contribution is -2.47. The second-order valence-corrected chi connectivity index (χ2v) is 5.38. The molecule has 2 heterocycles. The molecule has 5 nitrogen and oxygen atoms in total. The summed E-state index contributed by atoms with van der Waals surface area (Å²) in [6.45, 7) is 1.78. The van der Waals surface area contributed by atoms with Crippen molar-refractivity contribution < 1.29 is 9.18 Å². The minimum atomic E-state index is -0.840. The molecule has 1 amide bonds. The van der Waals surface area contributed by atoms with Gasteiger partial charge in [-0.25, -0.2) is 4.39 Å². The lowest BCUT2D eigenvalue weighted by atomic mass is 9.93. The van der Waals surface area contributed by atoms with Crippen molar-refractivity contribution >= 4 is 17.3 Å². The van der Waals surface area contributed by atoms with Gasteiger partial charge in [0, 0.05) is 24.5 Å².